The van der Waals surface area contributed by atoms with Gasteiger partial charge in [0.25, 0.3) is 0 Å². The number of pyridine rings is 1. The molecular formula is C15H16FN3S. The molecule has 0 spiro atoms. The highest BCUT2D eigenvalue weighted by Crippen LogP contribution is 2.16. The topological polar surface area (TPSA) is 50.9 Å². The Morgan fingerprint density at radius 2 is 1.95 bits per heavy atom. The van der Waals surface area contributed by atoms with Gasteiger partial charge in [-0.3, -0.25) is 4.98 Å². The van der Waals surface area contributed by atoms with Crippen molar-refractivity contribution in [1.82, 2.24) is 4.98 Å². The van der Waals surface area contributed by atoms with E-state index >= 15 is 0 Å². The molecule has 5 heteroatoms. The Labute approximate surface area is 123 Å². The number of nitrogens with zero attached hydrogens (tertiary/aromatic N) is 1. The molecule has 0 fully saturated rings. The predicted molar refractivity (Wildman–Crippen MR) is 83.3 cm³/mol. The first-order valence-electron chi connectivity index (χ1n) is 6.22. The molecule has 0 atom stereocenters. The van der Waals surface area contributed by atoms with E-state index in [0.29, 0.717) is 23.4 Å². The van der Waals surface area contributed by atoms with Gasteiger partial charge < -0.3 is 11.1 Å². The zero-order chi connectivity index (χ0) is 14.7. The van der Waals surface area contributed by atoms with Gasteiger partial charge >= 0.3 is 0 Å². The van der Waals surface area contributed by atoms with Gasteiger partial charge in [0.2, 0.25) is 0 Å². The SMILES string of the molecule is Cc1cc(CNc2ccnc(C(N)=S)c2)cc(C)c1F. The van der Waals surface area contributed by atoms with Crippen molar-refractivity contribution in [1.29, 1.82) is 0 Å². The van der Waals surface area contributed by atoms with Crippen LogP contribution in [0, 0.1) is 19.7 Å². The molecule has 1 heterocycles. The van der Waals surface area contributed by atoms with Crippen LogP contribution >= 0.6 is 12.2 Å². The largest absolute Gasteiger partial charge is 0.388 e. The number of rotatable bonds is 4. The second-order valence-corrected chi connectivity index (χ2v) is 5.13. The van der Waals surface area contributed by atoms with Crippen molar-refractivity contribution in [2.75, 3.05) is 5.32 Å². The molecule has 2 aromatic rings. The molecule has 20 heavy (non-hydrogen) atoms. The minimum Gasteiger partial charge on any atom is -0.388 e. The third kappa shape index (κ3) is 3.30. The van der Waals surface area contributed by atoms with Gasteiger partial charge in [-0.2, -0.15) is 0 Å². The molecule has 104 valence electrons. The fourth-order valence-electron chi connectivity index (χ4n) is 2.02. The zero-order valence-corrected chi connectivity index (χ0v) is 12.2. The number of aryl methyl sites for hydroxylation is 2. The van der Waals surface area contributed by atoms with E-state index in [1.54, 1.807) is 26.1 Å². The first-order valence-corrected chi connectivity index (χ1v) is 6.63. The van der Waals surface area contributed by atoms with Crippen molar-refractivity contribution < 1.29 is 4.39 Å². The lowest BCUT2D eigenvalue weighted by molar-refractivity contribution is 0.608. The summed E-state index contributed by atoms with van der Waals surface area (Å²) >= 11 is 4.89. The summed E-state index contributed by atoms with van der Waals surface area (Å²) in [5.41, 5.74) is 9.33. The highest BCUT2D eigenvalue weighted by Gasteiger charge is 2.05. The van der Waals surface area contributed by atoms with Crippen molar-refractivity contribution >= 4 is 22.9 Å². The van der Waals surface area contributed by atoms with E-state index in [4.69, 9.17) is 18.0 Å². The van der Waals surface area contributed by atoms with Crippen LogP contribution in [-0.2, 0) is 6.54 Å². The first kappa shape index (κ1) is 14.4. The molecular weight excluding hydrogens is 273 g/mol. The number of benzene rings is 1. The molecule has 0 aliphatic heterocycles. The Hall–Kier alpha value is -2.01. The third-order valence-corrected chi connectivity index (χ3v) is 3.21. The summed E-state index contributed by atoms with van der Waals surface area (Å²) < 4.78 is 13.6. The number of anilines is 1. The van der Waals surface area contributed by atoms with E-state index in [2.05, 4.69) is 10.3 Å². The van der Waals surface area contributed by atoms with E-state index in [0.717, 1.165) is 11.3 Å². The maximum atomic E-state index is 13.6. The molecule has 0 unspecified atom stereocenters. The number of nitrogens with one attached hydrogen (secondary N) is 1. The van der Waals surface area contributed by atoms with Crippen molar-refractivity contribution in [3.05, 3.63) is 58.7 Å². The minimum absolute atomic E-state index is 0.145. The molecule has 0 bridgehead atoms. The Morgan fingerprint density at radius 1 is 1.30 bits per heavy atom. The lowest BCUT2D eigenvalue weighted by atomic mass is 10.1. The van der Waals surface area contributed by atoms with Crippen LogP contribution in [0.25, 0.3) is 0 Å². The Balaban J connectivity index is 2.13. The van der Waals surface area contributed by atoms with Crippen LogP contribution in [0.3, 0.4) is 0 Å². The monoisotopic (exact) mass is 289 g/mol. The summed E-state index contributed by atoms with van der Waals surface area (Å²) in [7, 11) is 0. The lowest BCUT2D eigenvalue weighted by Crippen LogP contribution is -2.12. The van der Waals surface area contributed by atoms with Gasteiger partial charge in [-0.1, -0.05) is 24.4 Å². The maximum Gasteiger partial charge on any atom is 0.129 e. The molecule has 3 N–H and O–H groups in total. The predicted octanol–water partition coefficient (Wildman–Crippen LogP) is 3.08. The van der Waals surface area contributed by atoms with Crippen molar-refractivity contribution in [3.63, 3.8) is 0 Å². The van der Waals surface area contributed by atoms with Gasteiger partial charge in [0.15, 0.2) is 0 Å². The summed E-state index contributed by atoms with van der Waals surface area (Å²) in [6.45, 7) is 4.13. The Morgan fingerprint density at radius 3 is 2.55 bits per heavy atom. The highest BCUT2D eigenvalue weighted by atomic mass is 32.1. The van der Waals surface area contributed by atoms with Crippen molar-refractivity contribution in [2.45, 2.75) is 20.4 Å². The van der Waals surface area contributed by atoms with E-state index in [-0.39, 0.29) is 10.8 Å². The van der Waals surface area contributed by atoms with Crippen molar-refractivity contribution in [2.24, 2.45) is 5.73 Å². The summed E-state index contributed by atoms with van der Waals surface area (Å²) in [5.74, 6) is -0.145. The molecule has 0 aliphatic rings. The van der Waals surface area contributed by atoms with Gasteiger partial charge in [0.05, 0.1) is 5.69 Å². The molecule has 1 aromatic carbocycles. The van der Waals surface area contributed by atoms with Gasteiger partial charge in [0, 0.05) is 18.4 Å². The summed E-state index contributed by atoms with van der Waals surface area (Å²) in [6, 6.07) is 7.31. The highest BCUT2D eigenvalue weighted by molar-refractivity contribution is 7.80. The fraction of sp³-hybridized carbons (Fsp3) is 0.200. The Kier molecular flexibility index (Phi) is 4.29. The molecule has 1 aromatic heterocycles. The van der Waals surface area contributed by atoms with Crippen LogP contribution in [-0.4, -0.2) is 9.97 Å². The average Bonchev–Trinajstić information content (AvgIpc) is 2.42. The van der Waals surface area contributed by atoms with Crippen LogP contribution in [0.4, 0.5) is 10.1 Å². The molecule has 3 nitrogen and oxygen atoms in total. The van der Waals surface area contributed by atoms with Gasteiger partial charge in [-0.05, 0) is 42.7 Å². The number of nitrogens with two attached hydrogens (primary N) is 1. The number of aromatic nitrogens is 1. The van der Waals surface area contributed by atoms with Crippen LogP contribution in [0.1, 0.15) is 22.4 Å². The molecule has 0 saturated carbocycles. The summed E-state index contributed by atoms with van der Waals surface area (Å²) in [6.07, 6.45) is 1.65. The van der Waals surface area contributed by atoms with Gasteiger partial charge in [0.1, 0.15) is 10.8 Å². The van der Waals surface area contributed by atoms with Crippen LogP contribution in [0.2, 0.25) is 0 Å². The van der Waals surface area contributed by atoms with Crippen LogP contribution < -0.4 is 11.1 Å². The summed E-state index contributed by atoms with van der Waals surface area (Å²) in [4.78, 5) is 4.34. The lowest BCUT2D eigenvalue weighted by Gasteiger charge is -2.10. The van der Waals surface area contributed by atoms with E-state index in [1.165, 1.54) is 0 Å². The third-order valence-electron chi connectivity index (χ3n) is 3.01. The molecule has 0 radical (unpaired) electrons. The molecule has 0 amide bonds. The maximum absolute atomic E-state index is 13.6. The Bertz CT molecular complexity index is 632. The smallest absolute Gasteiger partial charge is 0.129 e. The summed E-state index contributed by atoms with van der Waals surface area (Å²) in [5, 5.41) is 3.25. The molecule has 2 rings (SSSR count). The van der Waals surface area contributed by atoms with E-state index < -0.39 is 0 Å². The second-order valence-electron chi connectivity index (χ2n) is 4.69. The average molecular weight is 289 g/mol. The quantitative estimate of drug-likeness (QED) is 0.849. The standard InChI is InChI=1S/C15H16FN3S/c1-9-5-11(6-10(2)14(9)16)8-19-12-3-4-18-13(7-12)15(17)20/h3-7H,8H2,1-2H3,(H2,17,20)(H,18,19). The second kappa shape index (κ2) is 5.96. The number of hydrogen-bond donors (Lipinski definition) is 2. The van der Waals surface area contributed by atoms with Crippen LogP contribution in [0.15, 0.2) is 30.5 Å². The zero-order valence-electron chi connectivity index (χ0n) is 11.4. The van der Waals surface area contributed by atoms with E-state index in [9.17, 15) is 4.39 Å². The molecule has 0 saturated heterocycles. The first-order chi connectivity index (χ1) is 9.47. The normalized spacial score (nSPS) is 10.3. The molecule has 0 aliphatic carbocycles. The minimum atomic E-state index is -0.145. The number of thiocarbonyl (C=S) groups is 1. The fourth-order valence-corrected chi connectivity index (χ4v) is 2.13. The number of hydrogen-bond acceptors (Lipinski definition) is 3. The van der Waals surface area contributed by atoms with E-state index in [1.807, 2.05) is 18.2 Å². The van der Waals surface area contributed by atoms with Gasteiger partial charge in [-0.25, -0.2) is 4.39 Å². The van der Waals surface area contributed by atoms with Crippen molar-refractivity contribution in [3.8, 4) is 0 Å². The van der Waals surface area contributed by atoms with Gasteiger partial charge in [-0.15, -0.1) is 0 Å². The number of halogens is 1. The van der Waals surface area contributed by atoms with Crippen LogP contribution in [0.5, 0.6) is 0 Å².